The molecule has 8 nitrogen and oxygen atoms in total. The average molecular weight is 827 g/mol. The zero-order chi connectivity index (χ0) is 41.8. The highest BCUT2D eigenvalue weighted by Gasteiger charge is 2.49. The lowest BCUT2D eigenvalue weighted by atomic mass is 9.88. The zero-order valence-corrected chi connectivity index (χ0v) is 41.5. The highest BCUT2D eigenvalue weighted by molar-refractivity contribution is 6.75. The van der Waals surface area contributed by atoms with Gasteiger partial charge in [-0.1, -0.05) is 81.4 Å². The molecule has 3 rings (SSSR count). The molecule has 3 aliphatic heterocycles. The molecule has 2 fully saturated rings. The van der Waals surface area contributed by atoms with Crippen molar-refractivity contribution in [1.82, 2.24) is 0 Å². The molecule has 322 valence electrons. The third-order valence-electron chi connectivity index (χ3n) is 14.2. The lowest BCUT2D eigenvalue weighted by Crippen LogP contribution is -2.56. The second-order valence-electron chi connectivity index (χ2n) is 21.7. The fraction of sp³-hybridized carbons (Fsp3) is 0.909. The SMILES string of the molecule is C=C[C@H](O)[C@H]1O[C@@]2(C=C[C@H](C)[C@@H](C[C@H](C[C@@H](C[C@@H]3CCC[C@H](CCO[Si](C)(C)C(C)(C)C)O3)O[Si](C)(C)C(C)(C)C)O[Si](C)(C)C(C)(C)C)O2)CC[C@@H]1OC. The summed E-state index contributed by atoms with van der Waals surface area (Å²) >= 11 is 0. The molecule has 10 atom stereocenters. The van der Waals surface area contributed by atoms with Gasteiger partial charge < -0.3 is 37.3 Å². The van der Waals surface area contributed by atoms with Crippen LogP contribution in [0.4, 0.5) is 0 Å². The summed E-state index contributed by atoms with van der Waals surface area (Å²) in [5.74, 6) is -0.767. The smallest absolute Gasteiger partial charge is 0.192 e. The fourth-order valence-corrected chi connectivity index (χ4v) is 11.1. The van der Waals surface area contributed by atoms with Crippen LogP contribution in [0, 0.1) is 5.92 Å². The van der Waals surface area contributed by atoms with E-state index in [9.17, 15) is 5.11 Å². The predicted molar refractivity (Wildman–Crippen MR) is 235 cm³/mol. The van der Waals surface area contributed by atoms with Crippen LogP contribution in [0.3, 0.4) is 0 Å². The Labute approximate surface area is 341 Å². The fourth-order valence-electron chi connectivity index (χ4n) is 7.29. The number of ether oxygens (including phenoxy) is 4. The van der Waals surface area contributed by atoms with E-state index in [1.165, 1.54) is 12.5 Å². The maximum atomic E-state index is 10.8. The van der Waals surface area contributed by atoms with Crippen LogP contribution in [0.1, 0.15) is 127 Å². The number of aliphatic hydroxyl groups is 1. The quantitative estimate of drug-likeness (QED) is 0.115. The molecule has 0 aliphatic carbocycles. The summed E-state index contributed by atoms with van der Waals surface area (Å²) in [6.45, 7) is 41.8. The lowest BCUT2D eigenvalue weighted by molar-refractivity contribution is -0.310. The first-order valence-electron chi connectivity index (χ1n) is 21.6. The first kappa shape index (κ1) is 49.2. The Morgan fingerprint density at radius 2 is 1.36 bits per heavy atom. The standard InChI is InChI=1S/C44H86O8Si3/c1-19-37(45)40-38(46-12)24-27-44(50-40)26-23-32(2)39(49-44)31-36(52-55(17,18)43(9,10)11)30-35(51-54(15,16)42(6,7)8)29-34-22-20-21-33(48-34)25-28-47-53(13,14)41(3,4)5/h19,23,26,32-40,45H,1,20-22,24-25,27-31H2,2-18H3/t32-,33+,34-,35+,36-,37-,38-,39+,40+,44-/m0/s1. The van der Waals surface area contributed by atoms with Crippen LogP contribution in [0.15, 0.2) is 24.8 Å². The minimum absolute atomic E-state index is 0.00759. The molecule has 3 heterocycles. The normalized spacial score (nSPS) is 30.7. The molecule has 1 N–H and O–H groups in total. The maximum absolute atomic E-state index is 10.8. The monoisotopic (exact) mass is 827 g/mol. The maximum Gasteiger partial charge on any atom is 0.192 e. The van der Waals surface area contributed by atoms with Crippen molar-refractivity contribution in [2.24, 2.45) is 5.92 Å². The number of aliphatic hydroxyl groups excluding tert-OH is 1. The van der Waals surface area contributed by atoms with Gasteiger partial charge in [0.1, 0.15) is 12.2 Å². The third-order valence-corrected chi connectivity index (χ3v) is 27.8. The van der Waals surface area contributed by atoms with Crippen LogP contribution in [0.5, 0.6) is 0 Å². The van der Waals surface area contributed by atoms with Gasteiger partial charge in [0.25, 0.3) is 0 Å². The van der Waals surface area contributed by atoms with Crippen molar-refractivity contribution in [3.63, 3.8) is 0 Å². The Kier molecular flexibility index (Phi) is 17.0. The van der Waals surface area contributed by atoms with E-state index in [4.69, 9.17) is 32.2 Å². The van der Waals surface area contributed by atoms with Crippen molar-refractivity contribution in [2.45, 2.75) is 236 Å². The van der Waals surface area contributed by atoms with Crippen LogP contribution in [0.25, 0.3) is 0 Å². The molecule has 0 saturated carbocycles. The average Bonchev–Trinajstić information content (AvgIpc) is 3.04. The van der Waals surface area contributed by atoms with Crippen LogP contribution in [-0.4, -0.2) is 98.4 Å². The Morgan fingerprint density at radius 1 is 0.818 bits per heavy atom. The molecule has 1 spiro atoms. The second-order valence-corrected chi connectivity index (χ2v) is 36.0. The summed E-state index contributed by atoms with van der Waals surface area (Å²) in [6, 6.07) is 0. The van der Waals surface area contributed by atoms with Gasteiger partial charge in [0.15, 0.2) is 30.7 Å². The van der Waals surface area contributed by atoms with Crippen molar-refractivity contribution < 1.29 is 37.3 Å². The van der Waals surface area contributed by atoms with Gasteiger partial charge in [-0.25, -0.2) is 0 Å². The van der Waals surface area contributed by atoms with Gasteiger partial charge in [-0.15, -0.1) is 6.58 Å². The molecule has 0 bridgehead atoms. The lowest BCUT2D eigenvalue weighted by Gasteiger charge is -2.48. The Balaban J connectivity index is 1.88. The molecule has 0 amide bonds. The van der Waals surface area contributed by atoms with Crippen molar-refractivity contribution >= 4 is 25.0 Å². The van der Waals surface area contributed by atoms with E-state index < -0.39 is 42.9 Å². The summed E-state index contributed by atoms with van der Waals surface area (Å²) in [6.07, 6.45) is 12.3. The number of rotatable bonds is 17. The molecule has 0 radical (unpaired) electrons. The summed E-state index contributed by atoms with van der Waals surface area (Å²) in [4.78, 5) is 0. The minimum Gasteiger partial charge on any atom is -0.417 e. The van der Waals surface area contributed by atoms with Gasteiger partial charge in [-0.3, -0.25) is 0 Å². The van der Waals surface area contributed by atoms with Gasteiger partial charge in [-0.05, 0) is 112 Å². The first-order valence-corrected chi connectivity index (χ1v) is 30.3. The first-order chi connectivity index (χ1) is 25.1. The third kappa shape index (κ3) is 13.4. The summed E-state index contributed by atoms with van der Waals surface area (Å²) in [7, 11) is -4.47. The van der Waals surface area contributed by atoms with Crippen LogP contribution < -0.4 is 0 Å². The van der Waals surface area contributed by atoms with Gasteiger partial charge in [0.2, 0.25) is 0 Å². The Morgan fingerprint density at radius 3 is 1.89 bits per heavy atom. The van der Waals surface area contributed by atoms with Crippen molar-refractivity contribution in [3.05, 3.63) is 24.8 Å². The van der Waals surface area contributed by atoms with E-state index in [-0.39, 0.29) is 57.7 Å². The predicted octanol–water partition coefficient (Wildman–Crippen LogP) is 11.3. The molecule has 3 aliphatic rings. The number of hydrogen-bond donors (Lipinski definition) is 1. The molecule has 55 heavy (non-hydrogen) atoms. The van der Waals surface area contributed by atoms with E-state index in [1.54, 1.807) is 7.11 Å². The van der Waals surface area contributed by atoms with Gasteiger partial charge in [0, 0.05) is 38.3 Å². The van der Waals surface area contributed by atoms with Gasteiger partial charge in [0.05, 0.1) is 24.4 Å². The highest BCUT2D eigenvalue weighted by atomic mass is 28.4. The second kappa shape index (κ2) is 19.0. The van der Waals surface area contributed by atoms with Crippen LogP contribution in [-0.2, 0) is 32.2 Å². The molecular weight excluding hydrogens is 741 g/mol. The van der Waals surface area contributed by atoms with Gasteiger partial charge in [-0.2, -0.15) is 0 Å². The van der Waals surface area contributed by atoms with Crippen molar-refractivity contribution in [1.29, 1.82) is 0 Å². The summed E-state index contributed by atoms with van der Waals surface area (Å²) < 4.78 is 47.6. The Bertz CT molecular complexity index is 1230. The topological polar surface area (TPSA) is 84.8 Å². The molecule has 0 aromatic heterocycles. The minimum atomic E-state index is -2.19. The number of methoxy groups -OCH3 is 1. The molecule has 0 unspecified atom stereocenters. The molecule has 0 aromatic carbocycles. The molecular formula is C44H86O8Si3. The number of hydrogen-bond acceptors (Lipinski definition) is 8. The molecule has 0 aromatic rings. The molecule has 11 heteroatoms. The largest absolute Gasteiger partial charge is 0.417 e. The van der Waals surface area contributed by atoms with E-state index in [0.717, 1.165) is 45.1 Å². The van der Waals surface area contributed by atoms with Crippen molar-refractivity contribution in [2.75, 3.05) is 13.7 Å². The summed E-state index contributed by atoms with van der Waals surface area (Å²) in [5.41, 5.74) is 0. The highest BCUT2D eigenvalue weighted by Crippen LogP contribution is 2.44. The Hall–Kier alpha value is -0.189. The molecule has 2 saturated heterocycles. The van der Waals surface area contributed by atoms with E-state index in [0.29, 0.717) is 12.8 Å². The summed E-state index contributed by atoms with van der Waals surface area (Å²) in [5, 5.41) is 11.1. The van der Waals surface area contributed by atoms with Gasteiger partial charge >= 0.3 is 0 Å². The van der Waals surface area contributed by atoms with E-state index in [1.807, 2.05) is 0 Å². The van der Waals surface area contributed by atoms with Crippen LogP contribution >= 0.6 is 0 Å². The van der Waals surface area contributed by atoms with Crippen molar-refractivity contribution in [3.8, 4) is 0 Å². The van der Waals surface area contributed by atoms with E-state index >= 15 is 0 Å². The zero-order valence-electron chi connectivity index (χ0n) is 38.5. The van der Waals surface area contributed by atoms with Crippen LogP contribution in [0.2, 0.25) is 54.4 Å². The van der Waals surface area contributed by atoms with E-state index in [2.05, 4.69) is 127 Å².